The van der Waals surface area contributed by atoms with Crippen LogP contribution in [0.2, 0.25) is 0 Å². The summed E-state index contributed by atoms with van der Waals surface area (Å²) in [5.74, 6) is 0.794. The Bertz CT molecular complexity index is 759. The molecule has 0 fully saturated rings. The number of hydrogen-bond donors (Lipinski definition) is 0. The number of aryl methyl sites for hydroxylation is 1. The highest BCUT2D eigenvalue weighted by Gasteiger charge is 2.29. The van der Waals surface area contributed by atoms with Crippen molar-refractivity contribution in [1.29, 1.82) is 0 Å². The molecule has 0 saturated carbocycles. The van der Waals surface area contributed by atoms with Crippen LogP contribution in [-0.4, -0.2) is 26.3 Å². The summed E-state index contributed by atoms with van der Waals surface area (Å²) in [5.41, 5.74) is 0.147. The van der Waals surface area contributed by atoms with Crippen LogP contribution in [0.5, 0.6) is 0 Å². The van der Waals surface area contributed by atoms with Gasteiger partial charge in [-0.1, -0.05) is 18.2 Å². The molecule has 0 unspecified atom stereocenters. The number of nitrogens with zero attached hydrogens (tertiary/aromatic N) is 4. The second-order valence-corrected chi connectivity index (χ2v) is 5.94. The molecule has 0 amide bonds. The van der Waals surface area contributed by atoms with Crippen LogP contribution in [0.1, 0.15) is 17.0 Å². The van der Waals surface area contributed by atoms with Gasteiger partial charge in [-0.2, -0.15) is 18.3 Å². The van der Waals surface area contributed by atoms with Crippen molar-refractivity contribution in [1.82, 2.24) is 19.2 Å². The standard InChI is InChI=1S/C16H19F3N4S/c1-4-9-22-12(2)20-23(15(22)24)11-21(3)10-13-5-7-14(8-6-13)16(17,18)19/h4-8H,1,9-11H2,2-3H3. The number of rotatable bonds is 6. The largest absolute Gasteiger partial charge is 0.416 e. The molecule has 0 spiro atoms. The average molecular weight is 356 g/mol. The predicted octanol–water partition coefficient (Wildman–Crippen LogP) is 4.02. The van der Waals surface area contributed by atoms with E-state index in [1.54, 1.807) is 10.8 Å². The lowest BCUT2D eigenvalue weighted by atomic mass is 10.1. The number of benzene rings is 1. The number of allylic oxidation sites excluding steroid dienone is 1. The molecule has 1 aromatic carbocycles. The Balaban J connectivity index is 2.06. The van der Waals surface area contributed by atoms with Gasteiger partial charge in [-0.25, -0.2) is 4.68 Å². The lowest BCUT2D eigenvalue weighted by Crippen LogP contribution is -2.22. The van der Waals surface area contributed by atoms with E-state index in [2.05, 4.69) is 11.7 Å². The molecule has 8 heteroatoms. The minimum atomic E-state index is -4.31. The van der Waals surface area contributed by atoms with Crippen molar-refractivity contribution in [3.05, 3.63) is 58.6 Å². The molecule has 0 radical (unpaired) electrons. The molecule has 1 aromatic heterocycles. The van der Waals surface area contributed by atoms with Gasteiger partial charge < -0.3 is 4.57 Å². The Morgan fingerprint density at radius 1 is 1.29 bits per heavy atom. The molecule has 0 aliphatic carbocycles. The van der Waals surface area contributed by atoms with E-state index >= 15 is 0 Å². The van der Waals surface area contributed by atoms with Gasteiger partial charge in [0.25, 0.3) is 0 Å². The molecule has 0 atom stereocenters. The third kappa shape index (κ3) is 4.33. The van der Waals surface area contributed by atoms with Gasteiger partial charge in [0.1, 0.15) is 5.82 Å². The number of hydrogen-bond acceptors (Lipinski definition) is 3. The van der Waals surface area contributed by atoms with Crippen molar-refractivity contribution in [2.24, 2.45) is 0 Å². The molecule has 24 heavy (non-hydrogen) atoms. The van der Waals surface area contributed by atoms with E-state index in [-0.39, 0.29) is 0 Å². The van der Waals surface area contributed by atoms with E-state index in [0.717, 1.165) is 23.5 Å². The minimum absolute atomic E-state index is 0.449. The summed E-state index contributed by atoms with van der Waals surface area (Å²) in [7, 11) is 1.86. The van der Waals surface area contributed by atoms with Crippen LogP contribution in [0.25, 0.3) is 0 Å². The summed E-state index contributed by atoms with van der Waals surface area (Å²) >= 11 is 5.38. The van der Waals surface area contributed by atoms with Gasteiger partial charge in [0, 0.05) is 13.1 Å². The Morgan fingerprint density at radius 2 is 1.92 bits per heavy atom. The van der Waals surface area contributed by atoms with E-state index in [9.17, 15) is 13.2 Å². The molecule has 2 aromatic rings. The second-order valence-electron chi connectivity index (χ2n) is 5.58. The van der Waals surface area contributed by atoms with Gasteiger partial charge in [-0.05, 0) is 43.9 Å². The van der Waals surface area contributed by atoms with E-state index in [1.165, 1.54) is 12.1 Å². The summed E-state index contributed by atoms with van der Waals surface area (Å²) in [6.07, 6.45) is -2.56. The van der Waals surface area contributed by atoms with Crippen LogP contribution in [0.3, 0.4) is 0 Å². The number of aromatic nitrogens is 3. The third-order valence-corrected chi connectivity index (χ3v) is 3.96. The fourth-order valence-electron chi connectivity index (χ4n) is 2.37. The molecule has 0 N–H and O–H groups in total. The quantitative estimate of drug-likeness (QED) is 0.578. The van der Waals surface area contributed by atoms with Crippen molar-refractivity contribution in [3.8, 4) is 0 Å². The van der Waals surface area contributed by atoms with Gasteiger partial charge in [-0.15, -0.1) is 6.58 Å². The highest BCUT2D eigenvalue weighted by Crippen LogP contribution is 2.29. The topological polar surface area (TPSA) is 26.0 Å². The van der Waals surface area contributed by atoms with Gasteiger partial charge in [0.05, 0.1) is 12.2 Å². The van der Waals surface area contributed by atoms with Crippen molar-refractivity contribution in [2.45, 2.75) is 32.9 Å². The van der Waals surface area contributed by atoms with Crippen molar-refractivity contribution < 1.29 is 13.2 Å². The third-order valence-electron chi connectivity index (χ3n) is 3.53. The maximum atomic E-state index is 12.6. The monoisotopic (exact) mass is 356 g/mol. The first kappa shape index (κ1) is 18.4. The van der Waals surface area contributed by atoms with Crippen molar-refractivity contribution in [3.63, 3.8) is 0 Å². The summed E-state index contributed by atoms with van der Waals surface area (Å²) in [4.78, 5) is 1.93. The van der Waals surface area contributed by atoms with Gasteiger partial charge >= 0.3 is 6.18 Å². The highest BCUT2D eigenvalue weighted by atomic mass is 32.1. The first-order valence-electron chi connectivity index (χ1n) is 7.32. The van der Waals surface area contributed by atoms with Crippen LogP contribution < -0.4 is 0 Å². The molecule has 0 aliphatic heterocycles. The maximum Gasteiger partial charge on any atom is 0.416 e. The fourth-order valence-corrected chi connectivity index (χ4v) is 2.68. The van der Waals surface area contributed by atoms with Crippen LogP contribution in [-0.2, 0) is 25.9 Å². The van der Waals surface area contributed by atoms with Gasteiger partial charge in [-0.3, -0.25) is 4.90 Å². The zero-order chi connectivity index (χ0) is 17.9. The molecule has 0 aliphatic rings. The molecule has 1 heterocycles. The van der Waals surface area contributed by atoms with Crippen molar-refractivity contribution >= 4 is 12.2 Å². The summed E-state index contributed by atoms with van der Waals surface area (Å²) < 4.78 is 41.9. The summed E-state index contributed by atoms with van der Waals surface area (Å²) in [6.45, 7) is 7.09. The van der Waals surface area contributed by atoms with Crippen molar-refractivity contribution in [2.75, 3.05) is 7.05 Å². The average Bonchev–Trinajstić information content (AvgIpc) is 2.75. The number of alkyl halides is 3. The zero-order valence-electron chi connectivity index (χ0n) is 13.5. The van der Waals surface area contributed by atoms with E-state index < -0.39 is 11.7 Å². The summed E-state index contributed by atoms with van der Waals surface area (Å²) in [5, 5.41) is 4.39. The fraction of sp³-hybridized carbons (Fsp3) is 0.375. The smallest absolute Gasteiger partial charge is 0.300 e. The van der Waals surface area contributed by atoms with Crippen LogP contribution in [0.15, 0.2) is 36.9 Å². The molecular formula is C16H19F3N4S. The molecule has 4 nitrogen and oxygen atoms in total. The minimum Gasteiger partial charge on any atom is -0.300 e. The lowest BCUT2D eigenvalue weighted by molar-refractivity contribution is -0.137. The Morgan fingerprint density at radius 3 is 2.46 bits per heavy atom. The first-order valence-corrected chi connectivity index (χ1v) is 7.73. The molecule has 0 saturated heterocycles. The first-order chi connectivity index (χ1) is 11.2. The predicted molar refractivity (Wildman–Crippen MR) is 88.9 cm³/mol. The highest BCUT2D eigenvalue weighted by molar-refractivity contribution is 7.71. The molecule has 2 rings (SSSR count). The van der Waals surface area contributed by atoms with E-state index in [1.807, 2.05) is 23.4 Å². The SMILES string of the molecule is C=CCn1c(C)nn(CN(C)Cc2ccc(C(F)(F)F)cc2)c1=S. The lowest BCUT2D eigenvalue weighted by Gasteiger charge is -2.17. The molecular weight excluding hydrogens is 337 g/mol. The van der Waals surface area contributed by atoms with Gasteiger partial charge in [0.2, 0.25) is 0 Å². The van der Waals surface area contributed by atoms with Crippen LogP contribution in [0.4, 0.5) is 13.2 Å². The summed E-state index contributed by atoms with van der Waals surface area (Å²) in [6, 6.07) is 5.16. The maximum absolute atomic E-state index is 12.6. The zero-order valence-corrected chi connectivity index (χ0v) is 14.4. The van der Waals surface area contributed by atoms with Gasteiger partial charge in [0.15, 0.2) is 4.77 Å². The normalized spacial score (nSPS) is 11.9. The Hall–Kier alpha value is -1.93. The second kappa shape index (κ2) is 7.31. The van der Waals surface area contributed by atoms with Crippen LogP contribution >= 0.6 is 12.2 Å². The van der Waals surface area contributed by atoms with Crippen LogP contribution in [0, 0.1) is 11.7 Å². The number of halogens is 3. The Kier molecular flexibility index (Phi) is 5.61. The molecule has 130 valence electrons. The Labute approximate surface area is 143 Å². The van der Waals surface area contributed by atoms with E-state index in [0.29, 0.717) is 24.5 Å². The van der Waals surface area contributed by atoms with E-state index in [4.69, 9.17) is 12.2 Å². The molecule has 0 bridgehead atoms.